The minimum absolute atomic E-state index is 0.00882. The molecule has 21 heavy (non-hydrogen) atoms. The number of amides is 2. The fourth-order valence-electron chi connectivity index (χ4n) is 1.72. The van der Waals surface area contributed by atoms with Crippen LogP contribution < -0.4 is 10.6 Å². The van der Waals surface area contributed by atoms with E-state index in [-0.39, 0.29) is 11.3 Å². The molecule has 0 radical (unpaired) electrons. The Labute approximate surface area is 133 Å². The molecule has 0 aliphatic heterocycles. The molecule has 0 aliphatic carbocycles. The first-order valence-corrected chi connectivity index (χ1v) is 8.38. The first kappa shape index (κ1) is 17.7. The topological polar surface area (TPSA) is 78.4 Å². The molecular formula is C14H19ClN2O3S. The van der Waals surface area contributed by atoms with Crippen molar-refractivity contribution >= 4 is 41.1 Å². The van der Waals surface area contributed by atoms with E-state index in [0.29, 0.717) is 11.6 Å². The van der Waals surface area contributed by atoms with Gasteiger partial charge in [-0.15, -0.1) is 0 Å². The molecule has 1 aromatic carbocycles. The lowest BCUT2D eigenvalue weighted by molar-refractivity contribution is 0.0698. The smallest absolute Gasteiger partial charge is 0.337 e. The predicted molar refractivity (Wildman–Crippen MR) is 87.7 cm³/mol. The van der Waals surface area contributed by atoms with E-state index in [2.05, 4.69) is 16.9 Å². The fourth-order valence-corrected chi connectivity index (χ4v) is 2.39. The third-order valence-electron chi connectivity index (χ3n) is 2.77. The van der Waals surface area contributed by atoms with E-state index in [4.69, 9.17) is 16.7 Å². The second-order valence-electron chi connectivity index (χ2n) is 4.43. The number of anilines is 1. The molecule has 0 fully saturated rings. The van der Waals surface area contributed by atoms with Crippen LogP contribution >= 0.6 is 23.4 Å². The number of thioether (sulfide) groups is 1. The summed E-state index contributed by atoms with van der Waals surface area (Å²) in [7, 11) is 0. The number of hydrogen-bond acceptors (Lipinski definition) is 3. The van der Waals surface area contributed by atoms with Crippen LogP contribution in [0.3, 0.4) is 0 Å². The number of urea groups is 1. The highest BCUT2D eigenvalue weighted by molar-refractivity contribution is 7.98. The lowest BCUT2D eigenvalue weighted by Gasteiger charge is -2.10. The SMILES string of the molecule is CSCCCCCNC(=O)Nc1cc(Cl)ccc1C(=O)O. The van der Waals surface area contributed by atoms with Crippen LogP contribution in [-0.4, -0.2) is 35.7 Å². The number of carbonyl (C=O) groups is 2. The summed E-state index contributed by atoms with van der Waals surface area (Å²) in [6, 6.07) is 3.83. The first-order chi connectivity index (χ1) is 10.0. The Hall–Kier alpha value is -1.40. The van der Waals surface area contributed by atoms with Gasteiger partial charge in [0.1, 0.15) is 0 Å². The molecule has 0 bridgehead atoms. The van der Waals surface area contributed by atoms with Crippen LogP contribution in [0.4, 0.5) is 10.5 Å². The van der Waals surface area contributed by atoms with Gasteiger partial charge >= 0.3 is 12.0 Å². The number of rotatable bonds is 8. The summed E-state index contributed by atoms with van der Waals surface area (Å²) >= 11 is 7.62. The molecule has 0 spiro atoms. The monoisotopic (exact) mass is 330 g/mol. The molecular weight excluding hydrogens is 312 g/mol. The van der Waals surface area contributed by atoms with E-state index in [1.54, 1.807) is 11.8 Å². The van der Waals surface area contributed by atoms with Crippen molar-refractivity contribution in [3.8, 4) is 0 Å². The quantitative estimate of drug-likeness (QED) is 0.635. The fraction of sp³-hybridized carbons (Fsp3) is 0.429. The molecule has 0 saturated carbocycles. The largest absolute Gasteiger partial charge is 0.478 e. The van der Waals surface area contributed by atoms with E-state index in [1.807, 2.05) is 0 Å². The Kier molecular flexibility index (Phi) is 8.00. The third-order valence-corrected chi connectivity index (χ3v) is 3.70. The minimum atomic E-state index is -1.11. The van der Waals surface area contributed by atoms with Crippen molar-refractivity contribution in [1.29, 1.82) is 0 Å². The van der Waals surface area contributed by atoms with Crippen molar-refractivity contribution in [3.05, 3.63) is 28.8 Å². The van der Waals surface area contributed by atoms with Gasteiger partial charge in [-0.2, -0.15) is 11.8 Å². The molecule has 1 aromatic rings. The Morgan fingerprint density at radius 1 is 1.29 bits per heavy atom. The van der Waals surface area contributed by atoms with Gasteiger partial charge in [-0.25, -0.2) is 9.59 Å². The molecule has 7 heteroatoms. The molecule has 0 unspecified atom stereocenters. The van der Waals surface area contributed by atoms with Gasteiger partial charge in [0, 0.05) is 11.6 Å². The van der Waals surface area contributed by atoms with Gasteiger partial charge in [0.05, 0.1) is 11.3 Å². The molecule has 0 aromatic heterocycles. The lowest BCUT2D eigenvalue weighted by Crippen LogP contribution is -2.30. The summed E-state index contributed by atoms with van der Waals surface area (Å²) in [6.07, 6.45) is 5.15. The molecule has 0 aliphatic rings. The third kappa shape index (κ3) is 6.73. The number of benzene rings is 1. The van der Waals surface area contributed by atoms with Gasteiger partial charge in [-0.05, 0) is 43.0 Å². The van der Waals surface area contributed by atoms with Crippen molar-refractivity contribution in [3.63, 3.8) is 0 Å². The first-order valence-electron chi connectivity index (χ1n) is 6.61. The van der Waals surface area contributed by atoms with E-state index >= 15 is 0 Å². The van der Waals surface area contributed by atoms with Crippen molar-refractivity contribution < 1.29 is 14.7 Å². The van der Waals surface area contributed by atoms with Crippen molar-refractivity contribution in [2.75, 3.05) is 23.9 Å². The average molecular weight is 331 g/mol. The molecule has 1 rings (SSSR count). The lowest BCUT2D eigenvalue weighted by atomic mass is 10.2. The van der Waals surface area contributed by atoms with Crippen LogP contribution in [0.5, 0.6) is 0 Å². The maximum atomic E-state index is 11.7. The van der Waals surface area contributed by atoms with E-state index in [1.165, 1.54) is 18.2 Å². The van der Waals surface area contributed by atoms with Crippen LogP contribution in [0.1, 0.15) is 29.6 Å². The average Bonchev–Trinajstić information content (AvgIpc) is 2.42. The van der Waals surface area contributed by atoms with Gasteiger partial charge in [-0.1, -0.05) is 18.0 Å². The Balaban J connectivity index is 2.44. The number of carbonyl (C=O) groups excluding carboxylic acids is 1. The van der Waals surface area contributed by atoms with Crippen molar-refractivity contribution in [2.45, 2.75) is 19.3 Å². The molecule has 5 nitrogen and oxygen atoms in total. The highest BCUT2D eigenvalue weighted by Gasteiger charge is 2.12. The number of halogens is 1. The zero-order valence-electron chi connectivity index (χ0n) is 11.8. The molecule has 0 heterocycles. The number of nitrogens with one attached hydrogen (secondary N) is 2. The zero-order valence-corrected chi connectivity index (χ0v) is 13.4. The number of carboxylic acid groups (broad SMARTS) is 1. The number of carboxylic acids is 1. The van der Waals surface area contributed by atoms with Crippen LogP contribution in [0.2, 0.25) is 5.02 Å². The summed E-state index contributed by atoms with van der Waals surface area (Å²) in [6.45, 7) is 0.559. The Morgan fingerprint density at radius 2 is 2.05 bits per heavy atom. The van der Waals surface area contributed by atoms with E-state index in [0.717, 1.165) is 25.0 Å². The van der Waals surface area contributed by atoms with Crippen LogP contribution in [0.25, 0.3) is 0 Å². The highest BCUT2D eigenvalue weighted by Crippen LogP contribution is 2.21. The summed E-state index contributed by atoms with van der Waals surface area (Å²) in [4.78, 5) is 22.8. The molecule has 0 saturated heterocycles. The molecule has 0 atom stereocenters. The summed E-state index contributed by atoms with van der Waals surface area (Å²) in [5, 5.41) is 14.6. The van der Waals surface area contributed by atoms with Crippen LogP contribution in [-0.2, 0) is 0 Å². The second kappa shape index (κ2) is 9.52. The number of hydrogen-bond donors (Lipinski definition) is 3. The summed E-state index contributed by atoms with van der Waals surface area (Å²) < 4.78 is 0. The zero-order chi connectivity index (χ0) is 15.7. The minimum Gasteiger partial charge on any atom is -0.478 e. The predicted octanol–water partition coefficient (Wildman–Crippen LogP) is 3.69. The second-order valence-corrected chi connectivity index (χ2v) is 5.85. The van der Waals surface area contributed by atoms with Crippen LogP contribution in [0.15, 0.2) is 18.2 Å². The maximum Gasteiger partial charge on any atom is 0.337 e. The van der Waals surface area contributed by atoms with Gasteiger partial charge in [-0.3, -0.25) is 0 Å². The van der Waals surface area contributed by atoms with Crippen molar-refractivity contribution in [1.82, 2.24) is 5.32 Å². The number of aromatic carboxylic acids is 1. The summed E-state index contributed by atoms with van der Waals surface area (Å²) in [5.41, 5.74) is 0.199. The maximum absolute atomic E-state index is 11.7. The van der Waals surface area contributed by atoms with Crippen molar-refractivity contribution in [2.24, 2.45) is 0 Å². The molecule has 116 valence electrons. The van der Waals surface area contributed by atoms with E-state index in [9.17, 15) is 9.59 Å². The van der Waals surface area contributed by atoms with Gasteiger partial charge in [0.15, 0.2) is 0 Å². The van der Waals surface area contributed by atoms with Gasteiger partial charge in [0.25, 0.3) is 0 Å². The van der Waals surface area contributed by atoms with Gasteiger partial charge in [0.2, 0.25) is 0 Å². The molecule has 3 N–H and O–H groups in total. The Morgan fingerprint density at radius 3 is 2.71 bits per heavy atom. The van der Waals surface area contributed by atoms with Gasteiger partial charge < -0.3 is 15.7 Å². The van der Waals surface area contributed by atoms with E-state index < -0.39 is 12.0 Å². The summed E-state index contributed by atoms with van der Waals surface area (Å²) in [5.74, 6) is 0.00970. The highest BCUT2D eigenvalue weighted by atomic mass is 35.5. The standard InChI is InChI=1S/C14H19ClN2O3S/c1-21-8-4-2-3-7-16-14(20)17-12-9-10(15)5-6-11(12)13(18)19/h5-6,9H,2-4,7-8H2,1H3,(H,18,19)(H2,16,17,20). The number of unbranched alkanes of at least 4 members (excludes halogenated alkanes) is 2. The molecule has 2 amide bonds. The Bertz CT molecular complexity index is 497. The van der Waals surface area contributed by atoms with Crippen LogP contribution in [0, 0.1) is 0 Å². The normalized spacial score (nSPS) is 10.2.